The summed E-state index contributed by atoms with van der Waals surface area (Å²) in [6, 6.07) is 9.33. The smallest absolute Gasteiger partial charge is 0.422 e. The molecule has 1 aliphatic rings. The van der Waals surface area contributed by atoms with E-state index in [1.54, 1.807) is 18.2 Å². The van der Waals surface area contributed by atoms with Crippen LogP contribution >= 0.6 is 24.0 Å². The van der Waals surface area contributed by atoms with E-state index in [9.17, 15) is 17.6 Å². The molecule has 2 heterocycles. The number of halogens is 5. The summed E-state index contributed by atoms with van der Waals surface area (Å²) < 4.78 is 54.0. The van der Waals surface area contributed by atoms with E-state index in [0.29, 0.717) is 24.6 Å². The number of piperazine rings is 1. The molecule has 0 unspecified atom stereocenters. The van der Waals surface area contributed by atoms with E-state index in [-0.39, 0.29) is 42.2 Å². The zero-order chi connectivity index (χ0) is 20.9. The SMILES string of the molecule is I.NC(=NCc1ccc(OCC(F)(F)F)nc1)N1CCN(c2ccc(F)cc2)CC1. The Morgan fingerprint density at radius 2 is 1.73 bits per heavy atom. The fourth-order valence-corrected chi connectivity index (χ4v) is 2.86. The second kappa shape index (κ2) is 10.6. The normalized spacial score (nSPS) is 15.0. The summed E-state index contributed by atoms with van der Waals surface area (Å²) in [7, 11) is 0. The van der Waals surface area contributed by atoms with E-state index in [1.807, 2.05) is 4.90 Å². The molecule has 164 valence electrons. The lowest BCUT2D eigenvalue weighted by Crippen LogP contribution is -2.51. The molecule has 0 spiro atoms. The van der Waals surface area contributed by atoms with Crippen LogP contribution in [-0.2, 0) is 6.54 Å². The number of alkyl halides is 3. The van der Waals surface area contributed by atoms with Gasteiger partial charge in [-0.1, -0.05) is 6.07 Å². The van der Waals surface area contributed by atoms with Crippen LogP contribution in [-0.4, -0.2) is 54.8 Å². The molecule has 6 nitrogen and oxygen atoms in total. The van der Waals surface area contributed by atoms with Gasteiger partial charge in [-0.2, -0.15) is 13.2 Å². The molecule has 2 N–H and O–H groups in total. The summed E-state index contributed by atoms with van der Waals surface area (Å²) in [5.41, 5.74) is 7.73. The highest BCUT2D eigenvalue weighted by Gasteiger charge is 2.28. The first-order valence-corrected chi connectivity index (χ1v) is 9.00. The number of rotatable bonds is 5. The zero-order valence-corrected chi connectivity index (χ0v) is 18.3. The highest BCUT2D eigenvalue weighted by molar-refractivity contribution is 14.0. The summed E-state index contributed by atoms with van der Waals surface area (Å²) in [5.74, 6) is 0.0271. The Bertz CT molecular complexity index is 822. The van der Waals surface area contributed by atoms with Crippen molar-refractivity contribution < 1.29 is 22.3 Å². The third kappa shape index (κ3) is 7.18. The molecule has 0 amide bonds. The fourth-order valence-electron chi connectivity index (χ4n) is 2.86. The maximum atomic E-state index is 13.0. The van der Waals surface area contributed by atoms with Crippen LogP contribution in [0.2, 0.25) is 0 Å². The second-order valence-electron chi connectivity index (χ2n) is 6.53. The molecule has 1 saturated heterocycles. The van der Waals surface area contributed by atoms with Crippen molar-refractivity contribution in [2.24, 2.45) is 10.7 Å². The average Bonchev–Trinajstić information content (AvgIpc) is 2.71. The average molecular weight is 539 g/mol. The van der Waals surface area contributed by atoms with Crippen LogP contribution in [0.5, 0.6) is 5.88 Å². The third-order valence-corrected chi connectivity index (χ3v) is 4.40. The van der Waals surface area contributed by atoms with Crippen molar-refractivity contribution in [3.63, 3.8) is 0 Å². The van der Waals surface area contributed by atoms with Gasteiger partial charge in [-0.15, -0.1) is 24.0 Å². The van der Waals surface area contributed by atoms with Crippen molar-refractivity contribution in [1.29, 1.82) is 0 Å². The van der Waals surface area contributed by atoms with Gasteiger partial charge in [-0.05, 0) is 29.8 Å². The Labute approximate surface area is 188 Å². The van der Waals surface area contributed by atoms with Gasteiger partial charge in [0.25, 0.3) is 0 Å². The molecule has 3 rings (SSSR count). The number of guanidine groups is 1. The Hall–Kier alpha value is -2.31. The van der Waals surface area contributed by atoms with Gasteiger partial charge in [0.05, 0.1) is 6.54 Å². The molecule has 0 aliphatic carbocycles. The molecule has 30 heavy (non-hydrogen) atoms. The minimum absolute atomic E-state index is 0. The minimum Gasteiger partial charge on any atom is -0.468 e. The van der Waals surface area contributed by atoms with E-state index in [4.69, 9.17) is 5.73 Å². The molecule has 1 fully saturated rings. The van der Waals surface area contributed by atoms with Crippen LogP contribution in [0.25, 0.3) is 0 Å². The van der Waals surface area contributed by atoms with Gasteiger partial charge in [0, 0.05) is 44.1 Å². The standard InChI is InChI=1S/C19H21F4N5O.HI/c20-15-2-4-16(5-3-15)27-7-9-28(10-8-27)18(24)26-12-14-1-6-17(25-11-14)29-13-19(21,22)23;/h1-6,11H,7-10,12-13H2,(H2,24,26);1H. The second-order valence-corrected chi connectivity index (χ2v) is 6.53. The number of aromatic nitrogens is 1. The number of nitrogens with zero attached hydrogens (tertiary/aromatic N) is 4. The first kappa shape index (κ1) is 24.0. The molecule has 2 aromatic rings. The summed E-state index contributed by atoms with van der Waals surface area (Å²) in [4.78, 5) is 12.3. The van der Waals surface area contributed by atoms with Crippen molar-refractivity contribution in [3.8, 4) is 5.88 Å². The molecule has 11 heteroatoms. The van der Waals surface area contributed by atoms with Crippen LogP contribution < -0.4 is 15.4 Å². The van der Waals surface area contributed by atoms with E-state index >= 15 is 0 Å². The number of nitrogens with two attached hydrogens (primary N) is 1. The minimum atomic E-state index is -4.40. The van der Waals surface area contributed by atoms with Crippen LogP contribution in [0.15, 0.2) is 47.6 Å². The predicted octanol–water partition coefficient (Wildman–Crippen LogP) is 3.42. The van der Waals surface area contributed by atoms with E-state index < -0.39 is 12.8 Å². The quantitative estimate of drug-likeness (QED) is 0.273. The largest absolute Gasteiger partial charge is 0.468 e. The summed E-state index contributed by atoms with van der Waals surface area (Å²) in [6.07, 6.45) is -2.99. The van der Waals surface area contributed by atoms with Crippen molar-refractivity contribution >= 4 is 35.6 Å². The molecule has 0 radical (unpaired) electrons. The topological polar surface area (TPSA) is 67.0 Å². The maximum absolute atomic E-state index is 13.0. The molecule has 1 aliphatic heterocycles. The lowest BCUT2D eigenvalue weighted by molar-refractivity contribution is -0.154. The molecule has 0 atom stereocenters. The van der Waals surface area contributed by atoms with Crippen molar-refractivity contribution in [2.75, 3.05) is 37.7 Å². The van der Waals surface area contributed by atoms with Crippen LogP contribution in [0, 0.1) is 5.82 Å². The fraction of sp³-hybridized carbons (Fsp3) is 0.368. The number of anilines is 1. The predicted molar refractivity (Wildman–Crippen MR) is 117 cm³/mol. The van der Waals surface area contributed by atoms with Gasteiger partial charge < -0.3 is 20.3 Å². The van der Waals surface area contributed by atoms with Gasteiger partial charge in [0.1, 0.15) is 5.82 Å². The maximum Gasteiger partial charge on any atom is 0.422 e. The Kier molecular flexibility index (Phi) is 8.50. The number of benzene rings is 1. The van der Waals surface area contributed by atoms with Crippen molar-refractivity contribution in [1.82, 2.24) is 9.88 Å². The lowest BCUT2D eigenvalue weighted by atomic mass is 10.2. The van der Waals surface area contributed by atoms with Gasteiger partial charge in [-0.3, -0.25) is 0 Å². The Balaban J connectivity index is 0.00000320. The summed E-state index contributed by atoms with van der Waals surface area (Å²) in [6.45, 7) is 1.69. The van der Waals surface area contributed by atoms with Crippen LogP contribution in [0.3, 0.4) is 0 Å². The molecule has 0 saturated carbocycles. The molecule has 0 bridgehead atoms. The van der Waals surface area contributed by atoms with Crippen LogP contribution in [0.4, 0.5) is 23.2 Å². The first-order valence-electron chi connectivity index (χ1n) is 9.00. The number of aliphatic imine (C=N–C) groups is 1. The number of ether oxygens (including phenoxy) is 1. The Morgan fingerprint density at radius 1 is 1.07 bits per heavy atom. The highest BCUT2D eigenvalue weighted by Crippen LogP contribution is 2.18. The molecular weight excluding hydrogens is 517 g/mol. The summed E-state index contributed by atoms with van der Waals surface area (Å²) >= 11 is 0. The van der Waals surface area contributed by atoms with E-state index in [1.165, 1.54) is 24.4 Å². The number of pyridine rings is 1. The van der Waals surface area contributed by atoms with Gasteiger partial charge >= 0.3 is 6.18 Å². The zero-order valence-electron chi connectivity index (χ0n) is 16.0. The molecular formula is C19H22F4IN5O. The van der Waals surface area contributed by atoms with Crippen LogP contribution in [0.1, 0.15) is 5.56 Å². The van der Waals surface area contributed by atoms with Gasteiger partial charge in [0.2, 0.25) is 5.88 Å². The van der Waals surface area contributed by atoms with Gasteiger partial charge in [0.15, 0.2) is 12.6 Å². The lowest BCUT2D eigenvalue weighted by Gasteiger charge is -2.36. The Morgan fingerprint density at radius 3 is 2.30 bits per heavy atom. The van der Waals surface area contributed by atoms with Crippen molar-refractivity contribution in [3.05, 3.63) is 54.0 Å². The monoisotopic (exact) mass is 539 g/mol. The highest BCUT2D eigenvalue weighted by atomic mass is 127. The first-order chi connectivity index (χ1) is 13.8. The number of hydrogen-bond donors (Lipinski definition) is 1. The van der Waals surface area contributed by atoms with E-state index in [2.05, 4.69) is 19.6 Å². The van der Waals surface area contributed by atoms with Crippen molar-refractivity contribution in [2.45, 2.75) is 12.7 Å². The number of hydrogen-bond acceptors (Lipinski definition) is 4. The van der Waals surface area contributed by atoms with E-state index in [0.717, 1.165) is 18.8 Å². The van der Waals surface area contributed by atoms with Gasteiger partial charge in [-0.25, -0.2) is 14.4 Å². The summed E-state index contributed by atoms with van der Waals surface area (Å²) in [5, 5.41) is 0. The molecule has 1 aromatic carbocycles. The molecule has 1 aromatic heterocycles. The third-order valence-electron chi connectivity index (χ3n) is 4.40.